The van der Waals surface area contributed by atoms with Crippen LogP contribution in [-0.4, -0.2) is 30.3 Å². The molecule has 0 amide bonds. The highest BCUT2D eigenvalue weighted by atomic mass is 32.2. The Bertz CT molecular complexity index is 754. The van der Waals surface area contributed by atoms with Crippen LogP contribution >= 0.6 is 0 Å². The minimum atomic E-state index is -3.52. The molecular formula is C14H17N3O2S. The first-order valence-corrected chi connectivity index (χ1v) is 8.14. The number of sulfonamides is 1. The van der Waals surface area contributed by atoms with Gasteiger partial charge in [0.15, 0.2) is 0 Å². The van der Waals surface area contributed by atoms with Crippen LogP contribution in [0.1, 0.15) is 19.8 Å². The fourth-order valence-corrected chi connectivity index (χ4v) is 4.33. The summed E-state index contributed by atoms with van der Waals surface area (Å²) in [5, 5.41) is 0.681. The van der Waals surface area contributed by atoms with Crippen molar-refractivity contribution < 1.29 is 8.42 Å². The van der Waals surface area contributed by atoms with Gasteiger partial charge in [-0.15, -0.1) is 0 Å². The normalized spacial score (nSPS) is 15.9. The maximum Gasteiger partial charge on any atom is 0.245 e. The lowest BCUT2D eigenvalue weighted by molar-refractivity contribution is 0.421. The maximum absolute atomic E-state index is 12.8. The van der Waals surface area contributed by atoms with Gasteiger partial charge in [-0.3, -0.25) is 4.98 Å². The van der Waals surface area contributed by atoms with Gasteiger partial charge < -0.3 is 5.73 Å². The number of hydrogen-bond donors (Lipinski definition) is 1. The standard InChI is InChI=1S/C14H17N3O2S/c1-2-17(10-5-6-10)20(18,19)13-8-7-12(15)11-4-3-9-16-14(11)13/h3-4,7-10H,2,5-6,15H2,1H3. The number of fused-ring (bicyclic) bond motifs is 1. The molecule has 0 radical (unpaired) electrons. The van der Waals surface area contributed by atoms with Crippen LogP contribution in [-0.2, 0) is 10.0 Å². The Morgan fingerprint density at radius 3 is 2.75 bits per heavy atom. The summed E-state index contributed by atoms with van der Waals surface area (Å²) >= 11 is 0. The van der Waals surface area contributed by atoms with Crippen LogP contribution in [0, 0.1) is 0 Å². The van der Waals surface area contributed by atoms with E-state index >= 15 is 0 Å². The zero-order valence-corrected chi connectivity index (χ0v) is 12.1. The molecule has 0 bridgehead atoms. The minimum Gasteiger partial charge on any atom is -0.398 e. The molecule has 1 aliphatic carbocycles. The van der Waals surface area contributed by atoms with Crippen molar-refractivity contribution in [2.45, 2.75) is 30.7 Å². The smallest absolute Gasteiger partial charge is 0.245 e. The number of aromatic nitrogens is 1. The van der Waals surface area contributed by atoms with Gasteiger partial charge in [-0.05, 0) is 37.1 Å². The monoisotopic (exact) mass is 291 g/mol. The molecule has 1 heterocycles. The second kappa shape index (κ2) is 4.71. The Hall–Kier alpha value is -1.66. The fraction of sp³-hybridized carbons (Fsp3) is 0.357. The lowest BCUT2D eigenvalue weighted by Gasteiger charge is -2.20. The van der Waals surface area contributed by atoms with E-state index in [2.05, 4.69) is 4.98 Å². The molecule has 0 unspecified atom stereocenters. The van der Waals surface area contributed by atoms with Crippen molar-refractivity contribution >= 4 is 26.6 Å². The fourth-order valence-electron chi connectivity index (χ4n) is 2.49. The largest absolute Gasteiger partial charge is 0.398 e. The molecule has 2 aromatic rings. The summed E-state index contributed by atoms with van der Waals surface area (Å²) in [6, 6.07) is 6.89. The van der Waals surface area contributed by atoms with Crippen molar-refractivity contribution in [1.82, 2.24) is 9.29 Å². The lowest BCUT2D eigenvalue weighted by atomic mass is 10.2. The van der Waals surface area contributed by atoms with E-state index in [1.165, 1.54) is 0 Å². The van der Waals surface area contributed by atoms with E-state index in [0.29, 0.717) is 23.1 Å². The maximum atomic E-state index is 12.8. The molecule has 5 nitrogen and oxygen atoms in total. The minimum absolute atomic E-state index is 0.140. The molecule has 1 saturated carbocycles. The number of hydrogen-bond acceptors (Lipinski definition) is 4. The van der Waals surface area contributed by atoms with Gasteiger partial charge in [0.1, 0.15) is 4.90 Å². The molecule has 0 spiro atoms. The Morgan fingerprint density at radius 1 is 1.35 bits per heavy atom. The molecule has 1 fully saturated rings. The molecule has 0 saturated heterocycles. The Balaban J connectivity index is 2.21. The van der Waals surface area contributed by atoms with Gasteiger partial charge in [0.2, 0.25) is 10.0 Å². The summed E-state index contributed by atoms with van der Waals surface area (Å²) in [7, 11) is -3.52. The van der Waals surface area contributed by atoms with Crippen molar-refractivity contribution in [3.05, 3.63) is 30.5 Å². The molecule has 0 atom stereocenters. The highest BCUT2D eigenvalue weighted by molar-refractivity contribution is 7.89. The van der Waals surface area contributed by atoms with E-state index in [4.69, 9.17) is 5.73 Å². The molecule has 20 heavy (non-hydrogen) atoms. The second-order valence-electron chi connectivity index (χ2n) is 4.99. The third kappa shape index (κ3) is 2.05. The van der Waals surface area contributed by atoms with Gasteiger partial charge in [-0.2, -0.15) is 4.31 Å². The van der Waals surface area contributed by atoms with Crippen LogP contribution in [0.2, 0.25) is 0 Å². The molecule has 3 rings (SSSR count). The topological polar surface area (TPSA) is 76.3 Å². The Labute approximate surface area is 118 Å². The summed E-state index contributed by atoms with van der Waals surface area (Å²) in [6.45, 7) is 2.34. The van der Waals surface area contributed by atoms with Crippen LogP contribution in [0.25, 0.3) is 10.9 Å². The third-order valence-corrected chi connectivity index (χ3v) is 5.68. The zero-order valence-electron chi connectivity index (χ0n) is 11.3. The second-order valence-corrected chi connectivity index (χ2v) is 6.85. The van der Waals surface area contributed by atoms with Crippen molar-refractivity contribution in [2.24, 2.45) is 0 Å². The quantitative estimate of drug-likeness (QED) is 0.874. The third-order valence-electron chi connectivity index (χ3n) is 3.62. The summed E-state index contributed by atoms with van der Waals surface area (Å²) in [4.78, 5) is 4.47. The average Bonchev–Trinajstić information content (AvgIpc) is 3.24. The van der Waals surface area contributed by atoms with Crippen LogP contribution in [0.15, 0.2) is 35.4 Å². The van der Waals surface area contributed by atoms with Crippen LogP contribution < -0.4 is 5.73 Å². The number of anilines is 1. The summed E-state index contributed by atoms with van der Waals surface area (Å²) in [5.41, 5.74) is 6.89. The first-order valence-electron chi connectivity index (χ1n) is 6.70. The van der Waals surface area contributed by atoms with Crippen LogP contribution in [0.3, 0.4) is 0 Å². The molecule has 1 aromatic carbocycles. The van der Waals surface area contributed by atoms with Gasteiger partial charge in [0.05, 0.1) is 5.52 Å². The van der Waals surface area contributed by atoms with Crippen molar-refractivity contribution in [1.29, 1.82) is 0 Å². The molecular weight excluding hydrogens is 274 g/mol. The lowest BCUT2D eigenvalue weighted by Crippen LogP contribution is -2.33. The number of nitrogens with zero attached hydrogens (tertiary/aromatic N) is 2. The van der Waals surface area contributed by atoms with Gasteiger partial charge in [-0.25, -0.2) is 8.42 Å². The molecule has 2 N–H and O–H groups in total. The van der Waals surface area contributed by atoms with Crippen LogP contribution in [0.5, 0.6) is 0 Å². The number of nitrogens with two attached hydrogens (primary N) is 1. The summed E-state index contributed by atoms with van der Waals surface area (Å²) in [5.74, 6) is 0. The van der Waals surface area contributed by atoms with Crippen molar-refractivity contribution in [3.8, 4) is 0 Å². The number of rotatable bonds is 4. The van der Waals surface area contributed by atoms with Gasteiger partial charge in [-0.1, -0.05) is 6.92 Å². The highest BCUT2D eigenvalue weighted by Gasteiger charge is 2.37. The molecule has 0 aliphatic heterocycles. The zero-order chi connectivity index (χ0) is 14.3. The SMILES string of the molecule is CCN(C1CC1)S(=O)(=O)c1ccc(N)c2cccnc12. The van der Waals surface area contributed by atoms with Gasteiger partial charge in [0, 0.05) is 29.9 Å². The first kappa shape index (κ1) is 13.3. The van der Waals surface area contributed by atoms with Gasteiger partial charge in [0.25, 0.3) is 0 Å². The van der Waals surface area contributed by atoms with Crippen LogP contribution in [0.4, 0.5) is 5.69 Å². The molecule has 106 valence electrons. The van der Waals surface area contributed by atoms with E-state index in [9.17, 15) is 8.42 Å². The average molecular weight is 291 g/mol. The highest BCUT2D eigenvalue weighted by Crippen LogP contribution is 2.34. The molecule has 6 heteroatoms. The predicted octanol–water partition coefficient (Wildman–Crippen LogP) is 1.99. The van der Waals surface area contributed by atoms with E-state index in [-0.39, 0.29) is 10.9 Å². The number of benzene rings is 1. The number of nitrogen functional groups attached to an aromatic ring is 1. The first-order chi connectivity index (χ1) is 9.55. The van der Waals surface area contributed by atoms with E-state index in [0.717, 1.165) is 12.8 Å². The Kier molecular flexibility index (Phi) is 3.14. The van der Waals surface area contributed by atoms with Gasteiger partial charge >= 0.3 is 0 Å². The van der Waals surface area contributed by atoms with Crippen molar-refractivity contribution in [3.63, 3.8) is 0 Å². The summed E-state index contributed by atoms with van der Waals surface area (Å²) < 4.78 is 27.2. The Morgan fingerprint density at radius 2 is 2.10 bits per heavy atom. The molecule has 1 aliphatic rings. The van der Waals surface area contributed by atoms with Crippen molar-refractivity contribution in [2.75, 3.05) is 12.3 Å². The summed E-state index contributed by atoms with van der Waals surface area (Å²) in [6.07, 6.45) is 3.47. The van der Waals surface area contributed by atoms with E-state index in [1.807, 2.05) is 6.92 Å². The van der Waals surface area contributed by atoms with E-state index < -0.39 is 10.0 Å². The van der Waals surface area contributed by atoms with E-state index in [1.54, 1.807) is 34.8 Å². The molecule has 1 aromatic heterocycles. The number of pyridine rings is 1. The predicted molar refractivity (Wildman–Crippen MR) is 78.7 cm³/mol.